The molecule has 3 heteroatoms. The maximum atomic E-state index is 11.7. The molecule has 0 radical (unpaired) electrons. The Labute approximate surface area is 106 Å². The maximum Gasteiger partial charge on any atom is 0.249 e. The second kappa shape index (κ2) is 5.27. The van der Waals surface area contributed by atoms with E-state index in [1.54, 1.807) is 12.4 Å². The second-order valence-electron chi connectivity index (χ2n) is 3.97. The molecule has 3 nitrogen and oxygen atoms in total. The van der Waals surface area contributed by atoms with Gasteiger partial charge in [-0.3, -0.25) is 9.78 Å². The third-order valence-corrected chi connectivity index (χ3v) is 2.78. The Morgan fingerprint density at radius 2 is 1.72 bits per heavy atom. The monoisotopic (exact) mass is 238 g/mol. The number of amides is 1. The lowest BCUT2D eigenvalue weighted by Gasteiger charge is -2.09. The molecule has 1 amide bonds. The Kier molecular flexibility index (Phi) is 3.53. The van der Waals surface area contributed by atoms with Crippen LogP contribution in [0.1, 0.15) is 18.1 Å². The zero-order valence-electron chi connectivity index (χ0n) is 10.1. The van der Waals surface area contributed by atoms with Crippen molar-refractivity contribution in [3.05, 3.63) is 66.0 Å². The van der Waals surface area contributed by atoms with E-state index in [0.29, 0.717) is 5.57 Å². The smallest absolute Gasteiger partial charge is 0.249 e. The van der Waals surface area contributed by atoms with Gasteiger partial charge in [-0.1, -0.05) is 36.4 Å². The van der Waals surface area contributed by atoms with Crippen LogP contribution >= 0.6 is 0 Å². The molecule has 1 aromatic heterocycles. The number of primary amides is 1. The molecule has 18 heavy (non-hydrogen) atoms. The van der Waals surface area contributed by atoms with Crippen LogP contribution in [-0.4, -0.2) is 10.9 Å². The summed E-state index contributed by atoms with van der Waals surface area (Å²) in [4.78, 5) is 15.7. The van der Waals surface area contributed by atoms with E-state index in [4.69, 9.17) is 5.73 Å². The van der Waals surface area contributed by atoms with Gasteiger partial charge in [-0.05, 0) is 29.7 Å². The van der Waals surface area contributed by atoms with E-state index in [1.165, 1.54) is 0 Å². The molecule has 1 aromatic carbocycles. The lowest BCUT2D eigenvalue weighted by atomic mass is 9.96. The zero-order chi connectivity index (χ0) is 13.0. The number of carbonyl (C=O) groups is 1. The van der Waals surface area contributed by atoms with Crippen LogP contribution in [0.4, 0.5) is 0 Å². The van der Waals surface area contributed by atoms with Crippen LogP contribution in [0.25, 0.3) is 11.1 Å². The van der Waals surface area contributed by atoms with Crippen molar-refractivity contribution in [1.29, 1.82) is 0 Å². The molecule has 0 unspecified atom stereocenters. The number of nitrogens with zero attached hydrogens (tertiary/aromatic N) is 1. The van der Waals surface area contributed by atoms with Crippen molar-refractivity contribution in [3.8, 4) is 0 Å². The SMILES string of the molecule is C/C(=C(\C(N)=O)c1ccccc1)c1cccnc1. The van der Waals surface area contributed by atoms with Crippen molar-refractivity contribution >= 4 is 17.1 Å². The van der Waals surface area contributed by atoms with E-state index >= 15 is 0 Å². The molecule has 0 saturated heterocycles. The van der Waals surface area contributed by atoms with E-state index in [-0.39, 0.29) is 0 Å². The van der Waals surface area contributed by atoms with Crippen LogP contribution < -0.4 is 5.73 Å². The fourth-order valence-corrected chi connectivity index (χ4v) is 1.88. The van der Waals surface area contributed by atoms with Crippen LogP contribution in [-0.2, 0) is 4.79 Å². The fourth-order valence-electron chi connectivity index (χ4n) is 1.88. The van der Waals surface area contributed by atoms with Gasteiger partial charge < -0.3 is 5.73 Å². The first-order chi connectivity index (χ1) is 8.70. The number of rotatable bonds is 3. The summed E-state index contributed by atoms with van der Waals surface area (Å²) in [6.45, 7) is 1.88. The number of hydrogen-bond donors (Lipinski definition) is 1. The minimum atomic E-state index is -0.428. The first-order valence-electron chi connectivity index (χ1n) is 5.66. The van der Waals surface area contributed by atoms with Gasteiger partial charge in [0.25, 0.3) is 0 Å². The van der Waals surface area contributed by atoms with Gasteiger partial charge in [0.15, 0.2) is 0 Å². The van der Waals surface area contributed by atoms with Gasteiger partial charge in [0.1, 0.15) is 0 Å². The molecular formula is C15H14N2O. The zero-order valence-corrected chi connectivity index (χ0v) is 10.1. The first-order valence-corrected chi connectivity index (χ1v) is 5.66. The number of carbonyl (C=O) groups excluding carboxylic acids is 1. The normalized spacial score (nSPS) is 11.8. The average molecular weight is 238 g/mol. The van der Waals surface area contributed by atoms with Gasteiger partial charge in [0.05, 0.1) is 0 Å². The molecule has 0 aliphatic rings. The van der Waals surface area contributed by atoms with Gasteiger partial charge in [0, 0.05) is 18.0 Å². The molecule has 0 spiro atoms. The van der Waals surface area contributed by atoms with Gasteiger partial charge >= 0.3 is 0 Å². The number of nitrogens with two attached hydrogens (primary N) is 1. The fraction of sp³-hybridized carbons (Fsp3) is 0.0667. The number of hydrogen-bond acceptors (Lipinski definition) is 2. The molecule has 2 rings (SSSR count). The quantitative estimate of drug-likeness (QED) is 0.835. The van der Waals surface area contributed by atoms with Crippen molar-refractivity contribution in [2.45, 2.75) is 6.92 Å². The van der Waals surface area contributed by atoms with Crippen LogP contribution in [0.2, 0.25) is 0 Å². The summed E-state index contributed by atoms with van der Waals surface area (Å²) in [6.07, 6.45) is 3.42. The molecular weight excluding hydrogens is 224 g/mol. The molecule has 0 saturated carbocycles. The number of pyridine rings is 1. The van der Waals surface area contributed by atoms with E-state index in [2.05, 4.69) is 4.98 Å². The lowest BCUT2D eigenvalue weighted by Crippen LogP contribution is -2.14. The average Bonchev–Trinajstić information content (AvgIpc) is 2.40. The Hall–Kier alpha value is -2.42. The standard InChI is InChI=1S/C15H14N2O/c1-11(13-8-5-9-17-10-13)14(15(16)18)12-6-3-2-4-7-12/h2-10H,1H3,(H2,16,18)/b14-11+. The number of benzene rings is 1. The molecule has 90 valence electrons. The van der Waals surface area contributed by atoms with Gasteiger partial charge in [0.2, 0.25) is 5.91 Å². The Morgan fingerprint density at radius 3 is 2.28 bits per heavy atom. The molecule has 0 aliphatic carbocycles. The Bertz CT molecular complexity index is 574. The van der Waals surface area contributed by atoms with E-state index in [0.717, 1.165) is 16.7 Å². The predicted octanol–water partition coefficient (Wildman–Crippen LogP) is 2.50. The topological polar surface area (TPSA) is 56.0 Å². The van der Waals surface area contributed by atoms with Crippen LogP contribution in [0.5, 0.6) is 0 Å². The highest BCUT2D eigenvalue weighted by atomic mass is 16.1. The van der Waals surface area contributed by atoms with Crippen molar-refractivity contribution in [3.63, 3.8) is 0 Å². The molecule has 2 N–H and O–H groups in total. The van der Waals surface area contributed by atoms with Crippen molar-refractivity contribution in [1.82, 2.24) is 4.98 Å². The minimum Gasteiger partial charge on any atom is -0.366 e. The summed E-state index contributed by atoms with van der Waals surface area (Å²) in [5, 5.41) is 0. The Balaban J connectivity index is 2.58. The first kappa shape index (κ1) is 12.0. The lowest BCUT2D eigenvalue weighted by molar-refractivity contribution is -0.112. The predicted molar refractivity (Wildman–Crippen MR) is 72.4 cm³/mol. The maximum absolute atomic E-state index is 11.7. The number of allylic oxidation sites excluding steroid dienone is 1. The highest BCUT2D eigenvalue weighted by Gasteiger charge is 2.12. The second-order valence-corrected chi connectivity index (χ2v) is 3.97. The molecule has 1 heterocycles. The Morgan fingerprint density at radius 1 is 1.06 bits per heavy atom. The van der Waals surface area contributed by atoms with E-state index in [9.17, 15) is 4.79 Å². The van der Waals surface area contributed by atoms with Crippen molar-refractivity contribution < 1.29 is 4.79 Å². The molecule has 0 bridgehead atoms. The molecule has 0 aliphatic heterocycles. The number of aromatic nitrogens is 1. The summed E-state index contributed by atoms with van der Waals surface area (Å²) in [5.74, 6) is -0.428. The summed E-state index contributed by atoms with van der Waals surface area (Å²) in [7, 11) is 0. The van der Waals surface area contributed by atoms with Crippen LogP contribution in [0, 0.1) is 0 Å². The van der Waals surface area contributed by atoms with Crippen LogP contribution in [0.15, 0.2) is 54.9 Å². The van der Waals surface area contributed by atoms with Gasteiger partial charge in [-0.25, -0.2) is 0 Å². The molecule has 0 atom stereocenters. The summed E-state index contributed by atoms with van der Waals surface area (Å²) >= 11 is 0. The summed E-state index contributed by atoms with van der Waals surface area (Å²) < 4.78 is 0. The van der Waals surface area contributed by atoms with E-state index < -0.39 is 5.91 Å². The van der Waals surface area contributed by atoms with Crippen molar-refractivity contribution in [2.24, 2.45) is 5.73 Å². The molecule has 0 fully saturated rings. The summed E-state index contributed by atoms with van der Waals surface area (Å²) in [5.41, 5.74) is 8.58. The van der Waals surface area contributed by atoms with Gasteiger partial charge in [-0.2, -0.15) is 0 Å². The third kappa shape index (κ3) is 2.46. The third-order valence-electron chi connectivity index (χ3n) is 2.78. The highest BCUT2D eigenvalue weighted by molar-refractivity contribution is 6.26. The highest BCUT2D eigenvalue weighted by Crippen LogP contribution is 2.25. The summed E-state index contributed by atoms with van der Waals surface area (Å²) in [6, 6.07) is 13.2. The van der Waals surface area contributed by atoms with Gasteiger partial charge in [-0.15, -0.1) is 0 Å². The van der Waals surface area contributed by atoms with Crippen LogP contribution in [0.3, 0.4) is 0 Å². The largest absolute Gasteiger partial charge is 0.366 e. The van der Waals surface area contributed by atoms with E-state index in [1.807, 2.05) is 49.4 Å². The van der Waals surface area contributed by atoms with Crippen molar-refractivity contribution in [2.75, 3.05) is 0 Å². The minimum absolute atomic E-state index is 0.428. The molecule has 2 aromatic rings.